The lowest BCUT2D eigenvalue weighted by atomic mass is 10.2. The Balaban J connectivity index is 1.68. The van der Waals surface area contributed by atoms with Crippen LogP contribution in [-0.4, -0.2) is 20.3 Å². The zero-order valence-electron chi connectivity index (χ0n) is 11.4. The molecule has 0 aromatic heterocycles. The van der Waals surface area contributed by atoms with Crippen LogP contribution in [0.2, 0.25) is 5.02 Å². The quantitative estimate of drug-likeness (QED) is 0.783. The van der Waals surface area contributed by atoms with Crippen molar-refractivity contribution in [1.82, 2.24) is 0 Å². The van der Waals surface area contributed by atoms with Crippen LogP contribution in [0, 0.1) is 0 Å². The number of methoxy groups -OCH3 is 1. The Hall–Kier alpha value is -1.71. The highest BCUT2D eigenvalue weighted by atomic mass is 35.5. The van der Waals surface area contributed by atoms with Crippen molar-refractivity contribution in [2.75, 3.05) is 25.6 Å². The van der Waals surface area contributed by atoms with Crippen LogP contribution in [0.15, 0.2) is 48.5 Å². The molecule has 0 saturated carbocycles. The lowest BCUT2D eigenvalue weighted by Crippen LogP contribution is -2.09. The van der Waals surface area contributed by atoms with Gasteiger partial charge in [0.05, 0.1) is 20.3 Å². The highest BCUT2D eigenvalue weighted by Crippen LogP contribution is 2.15. The Labute approximate surface area is 124 Å². The van der Waals surface area contributed by atoms with Crippen LogP contribution >= 0.6 is 11.6 Å². The van der Waals surface area contributed by atoms with Gasteiger partial charge in [-0.3, -0.25) is 0 Å². The first kappa shape index (κ1) is 14.7. The van der Waals surface area contributed by atoms with Gasteiger partial charge in [0, 0.05) is 17.3 Å². The van der Waals surface area contributed by atoms with Gasteiger partial charge in [0.15, 0.2) is 0 Å². The molecule has 2 rings (SSSR count). The van der Waals surface area contributed by atoms with Crippen molar-refractivity contribution in [2.24, 2.45) is 0 Å². The van der Waals surface area contributed by atoms with Crippen LogP contribution in [0.5, 0.6) is 5.75 Å². The average Bonchev–Trinajstić information content (AvgIpc) is 2.47. The van der Waals surface area contributed by atoms with Crippen LogP contribution in [0.3, 0.4) is 0 Å². The molecule has 0 fully saturated rings. The molecule has 1 N–H and O–H groups in total. The predicted octanol–water partition coefficient (Wildman–Crippen LogP) is 3.98. The van der Waals surface area contributed by atoms with Crippen molar-refractivity contribution < 1.29 is 9.47 Å². The molecule has 0 bridgehead atoms. The Morgan fingerprint density at radius 1 is 1.10 bits per heavy atom. The summed E-state index contributed by atoms with van der Waals surface area (Å²) in [6.45, 7) is 1.95. The van der Waals surface area contributed by atoms with Crippen molar-refractivity contribution >= 4 is 17.3 Å². The summed E-state index contributed by atoms with van der Waals surface area (Å²) in [6.07, 6.45) is 0. The van der Waals surface area contributed by atoms with Gasteiger partial charge in [-0.05, 0) is 35.9 Å². The summed E-state index contributed by atoms with van der Waals surface area (Å²) in [4.78, 5) is 0. The minimum atomic E-state index is 0.578. The van der Waals surface area contributed by atoms with Crippen LogP contribution in [-0.2, 0) is 11.3 Å². The third kappa shape index (κ3) is 4.76. The van der Waals surface area contributed by atoms with Gasteiger partial charge < -0.3 is 14.8 Å². The van der Waals surface area contributed by atoms with E-state index in [0.717, 1.165) is 28.6 Å². The maximum Gasteiger partial charge on any atom is 0.119 e. The summed E-state index contributed by atoms with van der Waals surface area (Å²) in [5, 5.41) is 3.99. The maximum absolute atomic E-state index is 5.91. The molecule has 0 heterocycles. The molecule has 0 amide bonds. The summed E-state index contributed by atoms with van der Waals surface area (Å²) >= 11 is 5.91. The molecular weight excluding hydrogens is 274 g/mol. The summed E-state index contributed by atoms with van der Waals surface area (Å²) in [5.74, 6) is 0.850. The third-order valence-electron chi connectivity index (χ3n) is 2.80. The van der Waals surface area contributed by atoms with Gasteiger partial charge in [0.1, 0.15) is 5.75 Å². The van der Waals surface area contributed by atoms with Crippen LogP contribution in [0.25, 0.3) is 0 Å². The van der Waals surface area contributed by atoms with E-state index in [2.05, 4.69) is 5.32 Å². The number of ether oxygens (including phenoxy) is 2. The molecule has 0 aliphatic rings. The largest absolute Gasteiger partial charge is 0.497 e. The van der Waals surface area contributed by atoms with Gasteiger partial charge in [-0.25, -0.2) is 0 Å². The fourth-order valence-corrected chi connectivity index (χ4v) is 2.01. The molecule has 0 aliphatic carbocycles. The molecular formula is C16H18ClNO2. The first-order valence-electron chi connectivity index (χ1n) is 6.48. The summed E-state index contributed by atoms with van der Waals surface area (Å²) < 4.78 is 10.8. The highest BCUT2D eigenvalue weighted by Gasteiger charge is 1.97. The molecule has 0 saturated heterocycles. The molecule has 0 aliphatic heterocycles. The van der Waals surface area contributed by atoms with Crippen LogP contribution in [0.4, 0.5) is 5.69 Å². The zero-order valence-corrected chi connectivity index (χ0v) is 12.2. The monoisotopic (exact) mass is 291 g/mol. The average molecular weight is 292 g/mol. The Bertz CT molecular complexity index is 546. The topological polar surface area (TPSA) is 30.5 Å². The first-order chi connectivity index (χ1) is 9.78. The molecule has 2 aromatic carbocycles. The minimum absolute atomic E-state index is 0.578. The van der Waals surface area contributed by atoms with E-state index >= 15 is 0 Å². The van der Waals surface area contributed by atoms with Gasteiger partial charge >= 0.3 is 0 Å². The molecule has 4 heteroatoms. The molecule has 20 heavy (non-hydrogen) atoms. The number of rotatable bonds is 7. The predicted molar refractivity (Wildman–Crippen MR) is 82.6 cm³/mol. The van der Waals surface area contributed by atoms with E-state index in [4.69, 9.17) is 21.1 Å². The van der Waals surface area contributed by atoms with E-state index in [1.807, 2.05) is 48.5 Å². The van der Waals surface area contributed by atoms with Gasteiger partial charge in [0.2, 0.25) is 0 Å². The summed E-state index contributed by atoms with van der Waals surface area (Å²) in [5.41, 5.74) is 2.11. The lowest BCUT2D eigenvalue weighted by molar-refractivity contribution is 0.130. The van der Waals surface area contributed by atoms with Crippen molar-refractivity contribution in [3.63, 3.8) is 0 Å². The third-order valence-corrected chi connectivity index (χ3v) is 3.04. The highest BCUT2D eigenvalue weighted by molar-refractivity contribution is 6.30. The second-order valence-electron chi connectivity index (χ2n) is 4.34. The van der Waals surface area contributed by atoms with E-state index in [9.17, 15) is 0 Å². The Morgan fingerprint density at radius 2 is 1.95 bits per heavy atom. The van der Waals surface area contributed by atoms with E-state index < -0.39 is 0 Å². The zero-order chi connectivity index (χ0) is 14.2. The molecule has 3 nitrogen and oxygen atoms in total. The van der Waals surface area contributed by atoms with Gasteiger partial charge in [-0.1, -0.05) is 29.8 Å². The number of benzene rings is 2. The van der Waals surface area contributed by atoms with E-state index in [1.165, 1.54) is 0 Å². The van der Waals surface area contributed by atoms with E-state index in [0.29, 0.717) is 13.2 Å². The molecule has 0 atom stereocenters. The standard InChI is InChI=1S/C16H18ClNO2/c1-19-16-7-2-4-13(10-16)12-20-9-8-18-15-6-3-5-14(17)11-15/h2-7,10-11,18H,8-9,12H2,1H3. The fourth-order valence-electron chi connectivity index (χ4n) is 1.82. The van der Waals surface area contributed by atoms with Crippen molar-refractivity contribution in [3.05, 3.63) is 59.1 Å². The van der Waals surface area contributed by atoms with Crippen molar-refractivity contribution in [1.29, 1.82) is 0 Å². The van der Waals surface area contributed by atoms with E-state index in [-0.39, 0.29) is 0 Å². The number of halogens is 1. The molecule has 106 valence electrons. The Morgan fingerprint density at radius 3 is 2.75 bits per heavy atom. The maximum atomic E-state index is 5.91. The Kier molecular flexibility index (Phi) is 5.71. The molecule has 2 aromatic rings. The number of anilines is 1. The molecule has 0 spiro atoms. The normalized spacial score (nSPS) is 10.3. The number of nitrogens with one attached hydrogen (secondary N) is 1. The second-order valence-corrected chi connectivity index (χ2v) is 4.78. The summed E-state index contributed by atoms with van der Waals surface area (Å²) in [6, 6.07) is 15.5. The van der Waals surface area contributed by atoms with Crippen molar-refractivity contribution in [2.45, 2.75) is 6.61 Å². The number of hydrogen-bond acceptors (Lipinski definition) is 3. The van der Waals surface area contributed by atoms with Crippen molar-refractivity contribution in [3.8, 4) is 5.75 Å². The SMILES string of the molecule is COc1cccc(COCCNc2cccc(Cl)c2)c1. The van der Waals surface area contributed by atoms with Gasteiger partial charge in [-0.2, -0.15) is 0 Å². The molecule has 0 radical (unpaired) electrons. The summed E-state index contributed by atoms with van der Waals surface area (Å²) in [7, 11) is 1.66. The molecule has 0 unspecified atom stereocenters. The van der Waals surface area contributed by atoms with Crippen LogP contribution < -0.4 is 10.1 Å². The van der Waals surface area contributed by atoms with E-state index in [1.54, 1.807) is 7.11 Å². The second kappa shape index (κ2) is 7.78. The minimum Gasteiger partial charge on any atom is -0.497 e. The fraction of sp³-hybridized carbons (Fsp3) is 0.250. The van der Waals surface area contributed by atoms with Crippen LogP contribution in [0.1, 0.15) is 5.56 Å². The van der Waals surface area contributed by atoms with Gasteiger partial charge in [-0.15, -0.1) is 0 Å². The number of hydrogen-bond donors (Lipinski definition) is 1. The van der Waals surface area contributed by atoms with Gasteiger partial charge in [0.25, 0.3) is 0 Å². The lowest BCUT2D eigenvalue weighted by Gasteiger charge is -2.08. The first-order valence-corrected chi connectivity index (χ1v) is 6.86. The smallest absolute Gasteiger partial charge is 0.119 e.